The standard InChI is InChI=1S/C17H20N4O2/c18-11-13-1-3-14(4-2-13)17(23)21-9-7-20(8-10-21)12-16(22)19-15-5-6-15/h1-4,15H,5-10,12H2,(H,19,22). The molecule has 1 aliphatic heterocycles. The molecule has 0 bridgehead atoms. The molecule has 6 nitrogen and oxygen atoms in total. The monoisotopic (exact) mass is 312 g/mol. The van der Waals surface area contributed by atoms with Crippen LogP contribution in [0, 0.1) is 11.3 Å². The van der Waals surface area contributed by atoms with Gasteiger partial charge >= 0.3 is 0 Å². The van der Waals surface area contributed by atoms with Crippen LogP contribution in [0.4, 0.5) is 0 Å². The quantitative estimate of drug-likeness (QED) is 0.883. The average molecular weight is 312 g/mol. The fraction of sp³-hybridized carbons (Fsp3) is 0.471. The van der Waals surface area contributed by atoms with Gasteiger partial charge in [0, 0.05) is 37.8 Å². The summed E-state index contributed by atoms with van der Waals surface area (Å²) in [6.07, 6.45) is 2.19. The number of hydrogen-bond acceptors (Lipinski definition) is 4. The second-order valence-corrected chi connectivity index (χ2v) is 6.10. The fourth-order valence-electron chi connectivity index (χ4n) is 2.68. The van der Waals surface area contributed by atoms with Crippen LogP contribution in [0.2, 0.25) is 0 Å². The minimum absolute atomic E-state index is 0.0171. The largest absolute Gasteiger partial charge is 0.352 e. The molecule has 0 spiro atoms. The number of hydrogen-bond donors (Lipinski definition) is 1. The van der Waals surface area contributed by atoms with Gasteiger partial charge < -0.3 is 10.2 Å². The van der Waals surface area contributed by atoms with Gasteiger partial charge in [0.2, 0.25) is 5.91 Å². The van der Waals surface area contributed by atoms with Gasteiger partial charge in [-0.05, 0) is 37.1 Å². The van der Waals surface area contributed by atoms with Crippen molar-refractivity contribution in [3.63, 3.8) is 0 Å². The zero-order chi connectivity index (χ0) is 16.2. The molecule has 120 valence electrons. The lowest BCUT2D eigenvalue weighted by Gasteiger charge is -2.34. The van der Waals surface area contributed by atoms with Gasteiger partial charge in [0.05, 0.1) is 18.2 Å². The second-order valence-electron chi connectivity index (χ2n) is 6.10. The zero-order valence-electron chi connectivity index (χ0n) is 13.0. The summed E-state index contributed by atoms with van der Waals surface area (Å²) < 4.78 is 0. The number of nitrogens with zero attached hydrogens (tertiary/aromatic N) is 3. The lowest BCUT2D eigenvalue weighted by atomic mass is 10.1. The van der Waals surface area contributed by atoms with E-state index < -0.39 is 0 Å². The van der Waals surface area contributed by atoms with E-state index in [4.69, 9.17) is 5.26 Å². The third-order valence-corrected chi connectivity index (χ3v) is 4.23. The molecule has 1 saturated heterocycles. The van der Waals surface area contributed by atoms with Crippen LogP contribution in [0.3, 0.4) is 0 Å². The van der Waals surface area contributed by atoms with Gasteiger partial charge in [0.1, 0.15) is 0 Å². The molecule has 1 N–H and O–H groups in total. The minimum Gasteiger partial charge on any atom is -0.352 e. The smallest absolute Gasteiger partial charge is 0.253 e. The lowest BCUT2D eigenvalue weighted by Crippen LogP contribution is -2.51. The summed E-state index contributed by atoms with van der Waals surface area (Å²) in [5.41, 5.74) is 1.15. The Morgan fingerprint density at radius 2 is 1.78 bits per heavy atom. The number of amides is 2. The third kappa shape index (κ3) is 4.08. The number of nitrogens with one attached hydrogen (secondary N) is 1. The first-order valence-corrected chi connectivity index (χ1v) is 7.97. The fourth-order valence-corrected chi connectivity index (χ4v) is 2.68. The Bertz CT molecular complexity index is 623. The summed E-state index contributed by atoms with van der Waals surface area (Å²) >= 11 is 0. The van der Waals surface area contributed by atoms with E-state index in [-0.39, 0.29) is 11.8 Å². The molecule has 1 saturated carbocycles. The Kier molecular flexibility index (Phi) is 4.58. The molecule has 3 rings (SSSR count). The Labute approximate surface area is 135 Å². The van der Waals surface area contributed by atoms with Crippen LogP contribution in [0.25, 0.3) is 0 Å². The molecule has 0 aromatic heterocycles. The van der Waals surface area contributed by atoms with Gasteiger partial charge in [-0.3, -0.25) is 14.5 Å². The highest BCUT2D eigenvalue weighted by molar-refractivity contribution is 5.94. The first-order valence-electron chi connectivity index (χ1n) is 7.97. The van der Waals surface area contributed by atoms with Crippen molar-refractivity contribution >= 4 is 11.8 Å². The van der Waals surface area contributed by atoms with Gasteiger partial charge in [-0.1, -0.05) is 0 Å². The number of nitriles is 1. The number of carbonyl (C=O) groups is 2. The third-order valence-electron chi connectivity index (χ3n) is 4.23. The van der Waals surface area contributed by atoms with E-state index in [2.05, 4.69) is 10.2 Å². The minimum atomic E-state index is -0.0171. The van der Waals surface area contributed by atoms with E-state index in [1.54, 1.807) is 29.2 Å². The second kappa shape index (κ2) is 6.80. The van der Waals surface area contributed by atoms with Crippen LogP contribution < -0.4 is 5.32 Å². The van der Waals surface area contributed by atoms with Crippen LogP contribution in [-0.4, -0.2) is 60.4 Å². The van der Waals surface area contributed by atoms with Crippen molar-refractivity contribution in [3.05, 3.63) is 35.4 Å². The molecule has 1 aliphatic carbocycles. The topological polar surface area (TPSA) is 76.4 Å². The van der Waals surface area contributed by atoms with E-state index in [1.165, 1.54) is 0 Å². The molecule has 2 amide bonds. The van der Waals surface area contributed by atoms with Gasteiger partial charge in [0.25, 0.3) is 5.91 Å². The molecule has 1 heterocycles. The molecule has 0 radical (unpaired) electrons. The maximum atomic E-state index is 12.4. The summed E-state index contributed by atoms with van der Waals surface area (Å²) in [6.45, 7) is 3.07. The van der Waals surface area contributed by atoms with Gasteiger partial charge in [-0.25, -0.2) is 0 Å². The van der Waals surface area contributed by atoms with Crippen LogP contribution in [0.15, 0.2) is 24.3 Å². The van der Waals surface area contributed by atoms with E-state index >= 15 is 0 Å². The molecule has 0 atom stereocenters. The van der Waals surface area contributed by atoms with Crippen molar-refractivity contribution in [2.45, 2.75) is 18.9 Å². The average Bonchev–Trinajstić information content (AvgIpc) is 3.39. The van der Waals surface area contributed by atoms with Crippen molar-refractivity contribution in [1.82, 2.24) is 15.1 Å². The number of benzene rings is 1. The van der Waals surface area contributed by atoms with E-state index in [1.807, 2.05) is 6.07 Å². The highest BCUT2D eigenvalue weighted by Gasteiger charge is 2.26. The summed E-state index contributed by atoms with van der Waals surface area (Å²) in [7, 11) is 0. The summed E-state index contributed by atoms with van der Waals surface area (Å²) in [5.74, 6) is 0.0657. The Balaban J connectivity index is 1.48. The Morgan fingerprint density at radius 3 is 2.35 bits per heavy atom. The van der Waals surface area contributed by atoms with Crippen molar-refractivity contribution in [3.8, 4) is 6.07 Å². The summed E-state index contributed by atoms with van der Waals surface area (Å²) in [6, 6.07) is 9.13. The highest BCUT2D eigenvalue weighted by atomic mass is 16.2. The summed E-state index contributed by atoms with van der Waals surface area (Å²) in [4.78, 5) is 28.1. The van der Waals surface area contributed by atoms with E-state index in [0.717, 1.165) is 12.8 Å². The highest BCUT2D eigenvalue weighted by Crippen LogP contribution is 2.18. The predicted octanol–water partition coefficient (Wildman–Crippen LogP) is 0.595. The van der Waals surface area contributed by atoms with Crippen molar-refractivity contribution in [2.75, 3.05) is 32.7 Å². The molecule has 23 heavy (non-hydrogen) atoms. The number of rotatable bonds is 4. The molecule has 1 aromatic rings. The molecule has 0 unspecified atom stereocenters. The van der Waals surface area contributed by atoms with Gasteiger partial charge in [-0.2, -0.15) is 5.26 Å². The summed E-state index contributed by atoms with van der Waals surface area (Å²) in [5, 5.41) is 11.8. The molecular formula is C17H20N4O2. The normalized spacial score (nSPS) is 18.3. The Morgan fingerprint density at radius 1 is 1.13 bits per heavy atom. The van der Waals surface area contributed by atoms with Crippen molar-refractivity contribution in [1.29, 1.82) is 5.26 Å². The molecule has 6 heteroatoms. The maximum Gasteiger partial charge on any atom is 0.253 e. The lowest BCUT2D eigenvalue weighted by molar-refractivity contribution is -0.122. The van der Waals surface area contributed by atoms with Gasteiger partial charge in [-0.15, -0.1) is 0 Å². The SMILES string of the molecule is N#Cc1ccc(C(=O)N2CCN(CC(=O)NC3CC3)CC2)cc1. The van der Waals surface area contributed by atoms with E-state index in [0.29, 0.717) is 49.9 Å². The van der Waals surface area contributed by atoms with Crippen LogP contribution in [-0.2, 0) is 4.79 Å². The molecule has 1 aromatic carbocycles. The maximum absolute atomic E-state index is 12.4. The van der Waals surface area contributed by atoms with Crippen LogP contribution in [0.1, 0.15) is 28.8 Å². The van der Waals surface area contributed by atoms with Crippen LogP contribution in [0.5, 0.6) is 0 Å². The van der Waals surface area contributed by atoms with Crippen molar-refractivity contribution in [2.24, 2.45) is 0 Å². The predicted molar refractivity (Wildman–Crippen MR) is 84.7 cm³/mol. The Hall–Kier alpha value is -2.39. The van der Waals surface area contributed by atoms with E-state index in [9.17, 15) is 9.59 Å². The van der Waals surface area contributed by atoms with Gasteiger partial charge in [0.15, 0.2) is 0 Å². The number of carbonyl (C=O) groups excluding carboxylic acids is 2. The number of piperazine rings is 1. The van der Waals surface area contributed by atoms with Crippen LogP contribution >= 0.6 is 0 Å². The first-order chi connectivity index (χ1) is 11.2. The molecular weight excluding hydrogens is 292 g/mol. The molecule has 2 aliphatic rings. The van der Waals surface area contributed by atoms with Crippen molar-refractivity contribution < 1.29 is 9.59 Å². The zero-order valence-corrected chi connectivity index (χ0v) is 13.0. The first kappa shape index (κ1) is 15.5. The molecule has 2 fully saturated rings.